The number of nitrogens with two attached hydrogens (primary N) is 1. The standard InChI is InChI=1S/C13H11BrClN3O2/c1-20-13(19)11-5-3-9(16)12(18-11)17-10-4-2-7(15)6-8(10)14/h2-6H,16H2,1H3,(H,17,18). The number of methoxy groups -OCH3 is 1. The SMILES string of the molecule is COC(=O)c1ccc(N)c(Nc2ccc(Cl)cc2Br)n1. The van der Waals surface area contributed by atoms with E-state index in [1.165, 1.54) is 13.2 Å². The van der Waals surface area contributed by atoms with Crippen LogP contribution in [0.25, 0.3) is 0 Å². The number of carbonyl (C=O) groups is 1. The number of halogens is 2. The quantitative estimate of drug-likeness (QED) is 0.822. The molecule has 104 valence electrons. The van der Waals surface area contributed by atoms with Crippen LogP contribution in [0.1, 0.15) is 10.5 Å². The summed E-state index contributed by atoms with van der Waals surface area (Å²) in [6.07, 6.45) is 0. The summed E-state index contributed by atoms with van der Waals surface area (Å²) in [6, 6.07) is 8.34. The maximum atomic E-state index is 11.5. The average Bonchev–Trinajstić information content (AvgIpc) is 2.43. The Bertz CT molecular complexity index is 664. The highest BCUT2D eigenvalue weighted by molar-refractivity contribution is 9.10. The second-order valence-electron chi connectivity index (χ2n) is 3.88. The number of benzene rings is 1. The molecule has 0 aliphatic rings. The third kappa shape index (κ3) is 3.20. The number of aromatic nitrogens is 1. The van der Waals surface area contributed by atoms with Crippen molar-refractivity contribution in [1.29, 1.82) is 0 Å². The third-order valence-corrected chi connectivity index (χ3v) is 3.40. The molecular formula is C13H11BrClN3O2. The molecule has 0 amide bonds. The van der Waals surface area contributed by atoms with Crippen LogP contribution in [0, 0.1) is 0 Å². The van der Waals surface area contributed by atoms with E-state index in [9.17, 15) is 4.79 Å². The monoisotopic (exact) mass is 355 g/mol. The van der Waals surface area contributed by atoms with Gasteiger partial charge in [-0.1, -0.05) is 11.6 Å². The number of nitrogens with one attached hydrogen (secondary N) is 1. The first-order chi connectivity index (χ1) is 9.51. The van der Waals surface area contributed by atoms with Gasteiger partial charge in [-0.25, -0.2) is 9.78 Å². The van der Waals surface area contributed by atoms with Gasteiger partial charge in [0, 0.05) is 9.50 Å². The zero-order chi connectivity index (χ0) is 14.7. The van der Waals surface area contributed by atoms with Crippen molar-refractivity contribution < 1.29 is 9.53 Å². The van der Waals surface area contributed by atoms with Crippen molar-refractivity contribution in [3.8, 4) is 0 Å². The largest absolute Gasteiger partial charge is 0.464 e. The van der Waals surface area contributed by atoms with Gasteiger partial charge < -0.3 is 15.8 Å². The van der Waals surface area contributed by atoms with Crippen LogP contribution >= 0.6 is 27.5 Å². The molecule has 0 radical (unpaired) electrons. The van der Waals surface area contributed by atoms with Gasteiger partial charge >= 0.3 is 5.97 Å². The number of nitrogens with zero attached hydrogens (tertiary/aromatic N) is 1. The smallest absolute Gasteiger partial charge is 0.356 e. The van der Waals surface area contributed by atoms with Crippen molar-refractivity contribution in [3.63, 3.8) is 0 Å². The van der Waals surface area contributed by atoms with Crippen LogP contribution in [-0.2, 0) is 4.74 Å². The fourth-order valence-electron chi connectivity index (χ4n) is 1.51. The van der Waals surface area contributed by atoms with E-state index in [0.717, 1.165) is 10.2 Å². The summed E-state index contributed by atoms with van der Waals surface area (Å²) < 4.78 is 5.38. The van der Waals surface area contributed by atoms with E-state index in [1.54, 1.807) is 24.3 Å². The van der Waals surface area contributed by atoms with Gasteiger partial charge in [0.1, 0.15) is 0 Å². The molecule has 0 fully saturated rings. The van der Waals surface area contributed by atoms with Crippen molar-refractivity contribution >= 4 is 50.7 Å². The molecule has 0 atom stereocenters. The Balaban J connectivity index is 2.35. The lowest BCUT2D eigenvalue weighted by Crippen LogP contribution is -2.08. The second kappa shape index (κ2) is 6.11. The van der Waals surface area contributed by atoms with E-state index in [4.69, 9.17) is 17.3 Å². The first kappa shape index (κ1) is 14.6. The van der Waals surface area contributed by atoms with Gasteiger partial charge in [-0.05, 0) is 46.3 Å². The van der Waals surface area contributed by atoms with Crippen molar-refractivity contribution in [2.24, 2.45) is 0 Å². The minimum Gasteiger partial charge on any atom is -0.464 e. The second-order valence-corrected chi connectivity index (χ2v) is 5.17. The Labute approximate surface area is 129 Å². The first-order valence-electron chi connectivity index (χ1n) is 5.58. The third-order valence-electron chi connectivity index (χ3n) is 2.51. The zero-order valence-corrected chi connectivity index (χ0v) is 12.8. The van der Waals surface area contributed by atoms with Crippen molar-refractivity contribution in [3.05, 3.63) is 45.5 Å². The highest BCUT2D eigenvalue weighted by Crippen LogP contribution is 2.30. The lowest BCUT2D eigenvalue weighted by atomic mass is 10.3. The maximum absolute atomic E-state index is 11.5. The molecule has 1 aromatic carbocycles. The number of pyridine rings is 1. The lowest BCUT2D eigenvalue weighted by molar-refractivity contribution is 0.0594. The number of nitrogen functional groups attached to an aromatic ring is 1. The summed E-state index contributed by atoms with van der Waals surface area (Å²) in [5.74, 6) is -0.154. The van der Waals surface area contributed by atoms with Crippen LogP contribution in [0.5, 0.6) is 0 Å². The predicted molar refractivity (Wildman–Crippen MR) is 82.4 cm³/mol. The number of anilines is 3. The number of ether oxygens (including phenoxy) is 1. The van der Waals surface area contributed by atoms with Gasteiger partial charge in [-0.15, -0.1) is 0 Å². The van der Waals surface area contributed by atoms with Crippen LogP contribution in [0.2, 0.25) is 5.02 Å². The normalized spacial score (nSPS) is 10.2. The number of rotatable bonds is 3. The van der Waals surface area contributed by atoms with Crippen molar-refractivity contribution in [2.75, 3.05) is 18.2 Å². The molecule has 5 nitrogen and oxygen atoms in total. The molecule has 2 rings (SSSR count). The minimum absolute atomic E-state index is 0.175. The predicted octanol–water partition coefficient (Wildman–Crippen LogP) is 3.61. The summed E-state index contributed by atoms with van der Waals surface area (Å²) in [5, 5.41) is 3.64. The summed E-state index contributed by atoms with van der Waals surface area (Å²) in [5.41, 5.74) is 7.16. The molecule has 1 aromatic heterocycles. The lowest BCUT2D eigenvalue weighted by Gasteiger charge is -2.11. The molecular weight excluding hydrogens is 346 g/mol. The number of carbonyl (C=O) groups excluding carboxylic acids is 1. The van der Waals surface area contributed by atoms with E-state index in [1.807, 2.05) is 0 Å². The molecule has 0 unspecified atom stereocenters. The first-order valence-corrected chi connectivity index (χ1v) is 6.75. The van der Waals surface area contributed by atoms with E-state index in [-0.39, 0.29) is 5.69 Å². The Morgan fingerprint density at radius 3 is 2.80 bits per heavy atom. The highest BCUT2D eigenvalue weighted by Gasteiger charge is 2.11. The summed E-state index contributed by atoms with van der Waals surface area (Å²) >= 11 is 9.26. The highest BCUT2D eigenvalue weighted by atomic mass is 79.9. The number of hydrogen-bond donors (Lipinski definition) is 2. The van der Waals surface area contributed by atoms with Gasteiger partial charge in [-0.2, -0.15) is 0 Å². The molecule has 20 heavy (non-hydrogen) atoms. The number of esters is 1. The summed E-state index contributed by atoms with van der Waals surface area (Å²) in [6.45, 7) is 0. The van der Waals surface area contributed by atoms with E-state index in [0.29, 0.717) is 16.5 Å². The molecule has 0 spiro atoms. The van der Waals surface area contributed by atoms with Gasteiger partial charge in [0.2, 0.25) is 0 Å². The Kier molecular flexibility index (Phi) is 4.46. The topological polar surface area (TPSA) is 77.2 Å². The van der Waals surface area contributed by atoms with Gasteiger partial charge in [0.25, 0.3) is 0 Å². The van der Waals surface area contributed by atoms with Crippen molar-refractivity contribution in [2.45, 2.75) is 0 Å². The van der Waals surface area contributed by atoms with Crippen LogP contribution in [0.4, 0.5) is 17.2 Å². The molecule has 0 aliphatic heterocycles. The van der Waals surface area contributed by atoms with E-state index < -0.39 is 5.97 Å². The Morgan fingerprint density at radius 2 is 2.15 bits per heavy atom. The van der Waals surface area contributed by atoms with Gasteiger partial charge in [-0.3, -0.25) is 0 Å². The molecule has 0 saturated carbocycles. The minimum atomic E-state index is -0.525. The Morgan fingerprint density at radius 1 is 1.40 bits per heavy atom. The van der Waals surface area contributed by atoms with Crippen LogP contribution in [0.3, 0.4) is 0 Å². The van der Waals surface area contributed by atoms with E-state index >= 15 is 0 Å². The molecule has 7 heteroatoms. The molecule has 0 bridgehead atoms. The summed E-state index contributed by atoms with van der Waals surface area (Å²) in [4.78, 5) is 15.6. The van der Waals surface area contributed by atoms with Crippen LogP contribution in [-0.4, -0.2) is 18.1 Å². The van der Waals surface area contributed by atoms with Gasteiger partial charge in [0.15, 0.2) is 11.5 Å². The van der Waals surface area contributed by atoms with Crippen molar-refractivity contribution in [1.82, 2.24) is 4.98 Å². The molecule has 0 aliphatic carbocycles. The van der Waals surface area contributed by atoms with E-state index in [2.05, 4.69) is 31.0 Å². The fourth-order valence-corrected chi connectivity index (χ4v) is 2.29. The Hall–Kier alpha value is -1.79. The van der Waals surface area contributed by atoms with Crippen LogP contribution < -0.4 is 11.1 Å². The molecule has 2 aromatic rings. The maximum Gasteiger partial charge on any atom is 0.356 e. The number of hydrogen-bond acceptors (Lipinski definition) is 5. The molecule has 0 saturated heterocycles. The molecule has 1 heterocycles. The zero-order valence-electron chi connectivity index (χ0n) is 10.5. The van der Waals surface area contributed by atoms with Crippen LogP contribution in [0.15, 0.2) is 34.8 Å². The average molecular weight is 357 g/mol. The fraction of sp³-hybridized carbons (Fsp3) is 0.0769. The van der Waals surface area contributed by atoms with Gasteiger partial charge in [0.05, 0.1) is 18.5 Å². The summed E-state index contributed by atoms with van der Waals surface area (Å²) in [7, 11) is 1.29. The molecule has 3 N–H and O–H groups in total.